The normalized spacial score (nSPS) is 11.8. The highest BCUT2D eigenvalue weighted by Crippen LogP contribution is 2.44. The average molecular weight is 1260 g/mol. The van der Waals surface area contributed by atoms with Crippen molar-refractivity contribution >= 4 is 139 Å². The molecule has 0 aliphatic heterocycles. The molecule has 0 saturated heterocycles. The molecule has 96 heavy (non-hydrogen) atoms. The quantitative estimate of drug-likeness (QED) is 0.149. The van der Waals surface area contributed by atoms with Gasteiger partial charge in [-0.15, -0.1) is 22.7 Å². The predicted molar refractivity (Wildman–Crippen MR) is 410 cm³/mol. The summed E-state index contributed by atoms with van der Waals surface area (Å²) in [6.07, 6.45) is 7.12. The topological polar surface area (TPSA) is 51.6 Å². The van der Waals surface area contributed by atoms with Crippen molar-refractivity contribution in [2.24, 2.45) is 0 Å². The van der Waals surface area contributed by atoms with E-state index in [4.69, 9.17) is 19.9 Å². The molecule has 0 atom stereocenters. The highest BCUT2D eigenvalue weighted by molar-refractivity contribution is 7.26. The molecule has 20 aromatic rings. The van der Waals surface area contributed by atoms with Crippen molar-refractivity contribution in [2.45, 2.75) is 0 Å². The number of fused-ring (bicyclic) bond motifs is 19. The molecule has 0 amide bonds. The van der Waals surface area contributed by atoms with E-state index in [1.165, 1.54) is 151 Å². The lowest BCUT2D eigenvalue weighted by molar-refractivity contribution is 1.31. The summed E-state index contributed by atoms with van der Waals surface area (Å²) >= 11 is 3.73. The van der Waals surface area contributed by atoms with E-state index in [1.54, 1.807) is 24.8 Å². The fraction of sp³-hybridized carbons (Fsp3) is 0. The number of hydrogen-bond acceptors (Lipinski definition) is 6. The summed E-state index contributed by atoms with van der Waals surface area (Å²) in [5.41, 5.74) is 20.9. The number of hydrogen-bond donors (Lipinski definition) is 0. The van der Waals surface area contributed by atoms with Gasteiger partial charge in [-0.1, -0.05) is 231 Å². The summed E-state index contributed by atoms with van der Waals surface area (Å²) in [4.78, 5) is 18.9. The van der Waals surface area contributed by atoms with Crippen molar-refractivity contribution in [2.75, 3.05) is 0 Å². The number of benzene rings is 16. The minimum Gasteiger partial charge on any atom is -0.252 e. The van der Waals surface area contributed by atoms with E-state index in [2.05, 4.69) is 303 Å². The molecule has 6 heteroatoms. The Balaban J connectivity index is 0.000000135. The molecule has 446 valence electrons. The fourth-order valence-corrected chi connectivity index (χ4v) is 16.7. The second-order valence-corrected chi connectivity index (χ2v) is 27.0. The first-order valence-corrected chi connectivity index (χ1v) is 34.1. The molecule has 0 N–H and O–H groups in total. The first-order chi connectivity index (χ1) is 47.5. The molecule has 4 heterocycles. The van der Waals surface area contributed by atoms with Crippen LogP contribution in [0.25, 0.3) is 194 Å². The van der Waals surface area contributed by atoms with Crippen LogP contribution in [0.4, 0.5) is 0 Å². The van der Waals surface area contributed by atoms with Crippen molar-refractivity contribution in [1.82, 2.24) is 19.9 Å². The van der Waals surface area contributed by atoms with Crippen LogP contribution < -0.4 is 0 Å². The minimum absolute atomic E-state index is 0.945. The van der Waals surface area contributed by atoms with Gasteiger partial charge in [-0.2, -0.15) is 0 Å². The van der Waals surface area contributed by atoms with Gasteiger partial charge in [-0.25, -0.2) is 0 Å². The molecule has 0 fully saturated rings. The molecule has 4 nitrogen and oxygen atoms in total. The summed E-state index contributed by atoms with van der Waals surface area (Å²) in [6.45, 7) is 0. The lowest BCUT2D eigenvalue weighted by Gasteiger charge is -2.11. The number of aromatic nitrogens is 4. The van der Waals surface area contributed by atoms with Crippen molar-refractivity contribution < 1.29 is 0 Å². The van der Waals surface area contributed by atoms with Crippen LogP contribution >= 0.6 is 22.7 Å². The van der Waals surface area contributed by atoms with Gasteiger partial charge in [-0.05, 0) is 183 Å². The van der Waals surface area contributed by atoms with Crippen LogP contribution in [-0.2, 0) is 0 Å². The maximum atomic E-state index is 4.73. The Morgan fingerprint density at radius 1 is 0.167 bits per heavy atom. The smallest absolute Gasteiger partial charge is 0.0971 e. The van der Waals surface area contributed by atoms with Crippen LogP contribution in [0.3, 0.4) is 0 Å². The van der Waals surface area contributed by atoms with Crippen LogP contribution in [0.2, 0.25) is 0 Å². The highest BCUT2D eigenvalue weighted by atomic mass is 32.1. The number of nitrogens with zero attached hydrogens (tertiary/aromatic N) is 4. The van der Waals surface area contributed by atoms with Gasteiger partial charge in [0.2, 0.25) is 0 Å². The summed E-state index contributed by atoms with van der Waals surface area (Å²) in [5, 5.41) is 17.1. The Labute approximate surface area is 561 Å². The third-order valence-corrected chi connectivity index (χ3v) is 21.6. The highest BCUT2D eigenvalue weighted by Gasteiger charge is 2.17. The molecular weight excluding hydrogens is 1200 g/mol. The Morgan fingerprint density at radius 2 is 0.448 bits per heavy atom. The molecule has 0 bridgehead atoms. The van der Waals surface area contributed by atoms with Crippen molar-refractivity contribution in [1.29, 1.82) is 0 Å². The van der Waals surface area contributed by atoms with E-state index in [9.17, 15) is 0 Å². The molecule has 0 saturated carbocycles. The number of rotatable bonds is 7. The van der Waals surface area contributed by atoms with Gasteiger partial charge in [0.1, 0.15) is 0 Å². The van der Waals surface area contributed by atoms with Gasteiger partial charge in [0.15, 0.2) is 0 Å². The molecule has 4 aromatic heterocycles. The summed E-state index contributed by atoms with van der Waals surface area (Å²) in [5.74, 6) is 0. The maximum absolute atomic E-state index is 4.73. The SMILES string of the molecule is c1cc(-c2ccc3sc4ccc(-c5cccc6ccccc56)cc4c3c2)cc(-c2ccc3c(c2)c2ccccc2c2nccnc32)c1.c1ccc(-c2ccc(-c3ccc4sc5ccc(-c6cccc(-c7ccc8c(c7)c7ccccc7c7nccnc87)c6)cc5c4c3)cc2)cc1. The second kappa shape index (κ2) is 22.9. The molecule has 0 unspecified atom stereocenters. The molecular formula is C90H54N4S2. The van der Waals surface area contributed by atoms with Crippen LogP contribution in [-0.4, -0.2) is 19.9 Å². The van der Waals surface area contributed by atoms with E-state index < -0.39 is 0 Å². The van der Waals surface area contributed by atoms with Crippen molar-refractivity contribution in [3.8, 4) is 77.9 Å². The van der Waals surface area contributed by atoms with Crippen LogP contribution in [0.5, 0.6) is 0 Å². The fourth-order valence-electron chi connectivity index (χ4n) is 14.6. The first-order valence-electron chi connectivity index (χ1n) is 32.4. The van der Waals surface area contributed by atoms with Gasteiger partial charge < -0.3 is 0 Å². The zero-order chi connectivity index (χ0) is 63.2. The van der Waals surface area contributed by atoms with Gasteiger partial charge in [0.05, 0.1) is 22.1 Å². The van der Waals surface area contributed by atoms with Gasteiger partial charge in [0.25, 0.3) is 0 Å². The van der Waals surface area contributed by atoms with E-state index in [1.807, 2.05) is 22.7 Å². The predicted octanol–water partition coefficient (Wildman–Crippen LogP) is 25.4. The van der Waals surface area contributed by atoms with E-state index >= 15 is 0 Å². The zero-order valence-electron chi connectivity index (χ0n) is 51.8. The number of thiophene rings is 2. The summed E-state index contributed by atoms with van der Waals surface area (Å²) in [6, 6.07) is 111. The summed E-state index contributed by atoms with van der Waals surface area (Å²) < 4.78 is 5.25. The first kappa shape index (κ1) is 55.6. The van der Waals surface area contributed by atoms with E-state index in [0.717, 1.165) is 43.6 Å². The van der Waals surface area contributed by atoms with E-state index in [0.29, 0.717) is 0 Å². The Hall–Kier alpha value is -12.1. The second-order valence-electron chi connectivity index (χ2n) is 24.8. The average Bonchev–Trinajstić information content (AvgIpc) is 0.862. The molecule has 0 aliphatic rings. The van der Waals surface area contributed by atoms with Gasteiger partial charge in [0, 0.05) is 86.7 Å². The molecule has 16 aromatic carbocycles. The van der Waals surface area contributed by atoms with Crippen LogP contribution in [0.1, 0.15) is 0 Å². The largest absolute Gasteiger partial charge is 0.252 e. The zero-order valence-corrected chi connectivity index (χ0v) is 53.4. The maximum Gasteiger partial charge on any atom is 0.0971 e. The molecule has 0 spiro atoms. The Bertz CT molecular complexity index is 6450. The van der Waals surface area contributed by atoms with Gasteiger partial charge in [-0.3, -0.25) is 19.9 Å². The molecule has 0 aliphatic carbocycles. The lowest BCUT2D eigenvalue weighted by Crippen LogP contribution is -1.89. The van der Waals surface area contributed by atoms with Crippen molar-refractivity contribution in [3.63, 3.8) is 0 Å². The van der Waals surface area contributed by atoms with Gasteiger partial charge >= 0.3 is 0 Å². The third kappa shape index (κ3) is 9.56. The van der Waals surface area contributed by atoms with E-state index in [-0.39, 0.29) is 0 Å². The minimum atomic E-state index is 0.945. The lowest BCUT2D eigenvalue weighted by atomic mass is 9.94. The molecule has 0 radical (unpaired) electrons. The van der Waals surface area contributed by atoms with Crippen LogP contribution in [0, 0.1) is 0 Å². The third-order valence-electron chi connectivity index (χ3n) is 19.3. The standard InChI is InChI=1S/C46H28N2S.C44H26N2S/c1-2-7-29(8-3-1)30-13-15-31(16-14-30)34-18-21-43-41(27-34)42-28-36(19-22-44(42)49-43)33-10-6-9-32(25-33)35-17-20-39-40(26-35)37-11-4-5-12-38(37)45-46(39)48-24-23-47-45;1-2-11-33-27(7-1)8-6-14-34(33)32-17-20-42-40(26-32)39-25-31(16-19-41(39)47-42)29-10-5-9-28(23-29)30-15-18-37-38(24-30)35-12-3-4-13-36(35)43-44(37)46-22-21-45-43/h1-28H;1-26H. The van der Waals surface area contributed by atoms with Crippen molar-refractivity contribution in [3.05, 3.63) is 328 Å². The summed E-state index contributed by atoms with van der Waals surface area (Å²) in [7, 11) is 0. The Morgan fingerprint density at radius 3 is 0.906 bits per heavy atom. The Kier molecular flexibility index (Phi) is 13.3. The van der Waals surface area contributed by atoms with Crippen LogP contribution in [0.15, 0.2) is 328 Å². The molecule has 20 rings (SSSR count). The monoisotopic (exact) mass is 1250 g/mol.